The van der Waals surface area contributed by atoms with E-state index in [1.165, 1.54) is 11.4 Å². The number of hydrogen-bond acceptors (Lipinski definition) is 5. The van der Waals surface area contributed by atoms with Gasteiger partial charge >= 0.3 is 5.97 Å². The van der Waals surface area contributed by atoms with Crippen LogP contribution in [0.5, 0.6) is 0 Å². The number of methoxy groups -OCH3 is 1. The molecule has 1 aromatic rings. The molecule has 30 heavy (non-hydrogen) atoms. The molecule has 1 aliphatic carbocycles. The van der Waals surface area contributed by atoms with Gasteiger partial charge in [-0.25, -0.2) is 13.2 Å². The third-order valence-corrected chi connectivity index (χ3v) is 8.91. The number of esters is 1. The largest absolute Gasteiger partial charge is 0.467 e. The van der Waals surface area contributed by atoms with Crippen molar-refractivity contribution in [3.05, 3.63) is 30.3 Å². The van der Waals surface area contributed by atoms with Crippen molar-refractivity contribution in [1.29, 1.82) is 0 Å². The van der Waals surface area contributed by atoms with E-state index in [9.17, 15) is 18.0 Å². The first kappa shape index (κ1) is 21.3. The van der Waals surface area contributed by atoms with Crippen LogP contribution in [0.2, 0.25) is 0 Å². The minimum atomic E-state index is -3.54. The Kier molecular flexibility index (Phi) is 6.16. The summed E-state index contributed by atoms with van der Waals surface area (Å²) < 4.78 is 32.2. The molecule has 7 nitrogen and oxygen atoms in total. The van der Waals surface area contributed by atoms with Crippen LogP contribution in [0.4, 0.5) is 0 Å². The van der Waals surface area contributed by atoms with Crippen LogP contribution < -0.4 is 0 Å². The summed E-state index contributed by atoms with van der Waals surface area (Å²) in [5, 5.41) is 0. The first-order valence-corrected chi connectivity index (χ1v) is 12.3. The van der Waals surface area contributed by atoms with Crippen LogP contribution in [0.1, 0.15) is 44.9 Å². The van der Waals surface area contributed by atoms with Crippen LogP contribution in [-0.2, 0) is 24.3 Å². The van der Waals surface area contributed by atoms with E-state index in [0.29, 0.717) is 38.3 Å². The van der Waals surface area contributed by atoms with Gasteiger partial charge < -0.3 is 9.64 Å². The number of carbonyl (C=O) groups is 2. The van der Waals surface area contributed by atoms with Gasteiger partial charge in [-0.05, 0) is 50.2 Å². The fraction of sp³-hybridized carbons (Fsp3) is 0.636. The lowest BCUT2D eigenvalue weighted by Gasteiger charge is -2.38. The molecule has 164 valence electrons. The molecule has 3 fully saturated rings. The normalized spacial score (nSPS) is 28.2. The Morgan fingerprint density at radius 2 is 1.67 bits per heavy atom. The maximum atomic E-state index is 13.5. The van der Waals surface area contributed by atoms with Gasteiger partial charge in [0.2, 0.25) is 15.9 Å². The standard InChI is InChI=1S/C22H30N2O5S/c1-29-22(26)20-15-17-7-5-6-10-19(17)24(20)21(25)16-11-13-23(14-12-16)30(27,28)18-8-3-2-4-9-18/h2-4,8-9,16-17,19-20H,5-7,10-15H2,1H3/t17-,19-,20-/m0/s1. The number of ether oxygens (including phenoxy) is 1. The van der Waals surface area contributed by atoms with Gasteiger partial charge in [0.1, 0.15) is 6.04 Å². The molecule has 3 atom stereocenters. The zero-order chi connectivity index (χ0) is 21.3. The minimum absolute atomic E-state index is 0.00319. The fourth-order valence-corrected chi connectivity index (χ4v) is 6.91. The maximum absolute atomic E-state index is 13.5. The summed E-state index contributed by atoms with van der Waals surface area (Å²) in [5.41, 5.74) is 0. The molecule has 1 saturated carbocycles. The minimum Gasteiger partial charge on any atom is -0.467 e. The number of nitrogens with zero attached hydrogens (tertiary/aromatic N) is 2. The molecule has 2 heterocycles. The van der Waals surface area contributed by atoms with Crippen LogP contribution in [0.15, 0.2) is 35.2 Å². The molecule has 2 aliphatic heterocycles. The summed E-state index contributed by atoms with van der Waals surface area (Å²) in [6.45, 7) is 0.636. The number of hydrogen-bond donors (Lipinski definition) is 0. The molecule has 1 amide bonds. The van der Waals surface area contributed by atoms with Crippen LogP contribution in [0.3, 0.4) is 0 Å². The van der Waals surface area contributed by atoms with Crippen LogP contribution in [0.25, 0.3) is 0 Å². The average molecular weight is 435 g/mol. The van der Waals surface area contributed by atoms with Gasteiger partial charge in [-0.15, -0.1) is 0 Å². The lowest BCUT2D eigenvalue weighted by molar-refractivity contribution is -0.154. The van der Waals surface area contributed by atoms with E-state index in [1.807, 2.05) is 4.90 Å². The number of benzene rings is 1. The quantitative estimate of drug-likeness (QED) is 0.680. The van der Waals surface area contributed by atoms with Crippen molar-refractivity contribution in [2.24, 2.45) is 11.8 Å². The van der Waals surface area contributed by atoms with E-state index in [1.54, 1.807) is 30.3 Å². The lowest BCUT2D eigenvalue weighted by atomic mass is 9.84. The third-order valence-electron chi connectivity index (χ3n) is 7.00. The SMILES string of the molecule is COC(=O)[C@@H]1C[C@@H]2CCCC[C@@H]2N1C(=O)C1CCN(S(=O)(=O)c2ccccc2)CC1. The molecule has 0 spiro atoms. The molecular weight excluding hydrogens is 404 g/mol. The highest BCUT2D eigenvalue weighted by atomic mass is 32.2. The molecule has 0 aromatic heterocycles. The number of rotatable bonds is 4. The van der Waals surface area contributed by atoms with Gasteiger partial charge in [-0.1, -0.05) is 31.0 Å². The highest BCUT2D eigenvalue weighted by molar-refractivity contribution is 7.89. The molecule has 8 heteroatoms. The van der Waals surface area contributed by atoms with Crippen molar-refractivity contribution < 1.29 is 22.7 Å². The Bertz CT molecular complexity index is 880. The topological polar surface area (TPSA) is 84.0 Å². The van der Waals surface area contributed by atoms with E-state index in [0.717, 1.165) is 25.7 Å². The second-order valence-electron chi connectivity index (χ2n) is 8.62. The number of likely N-dealkylation sites (tertiary alicyclic amines) is 1. The van der Waals surface area contributed by atoms with Gasteiger partial charge in [0.25, 0.3) is 0 Å². The lowest BCUT2D eigenvalue weighted by Crippen LogP contribution is -2.51. The zero-order valence-electron chi connectivity index (χ0n) is 17.4. The first-order valence-electron chi connectivity index (χ1n) is 10.9. The number of fused-ring (bicyclic) bond motifs is 1. The predicted octanol–water partition coefficient (Wildman–Crippen LogP) is 2.42. The van der Waals surface area contributed by atoms with Crippen molar-refractivity contribution in [2.45, 2.75) is 61.9 Å². The molecular formula is C22H30N2O5S. The Morgan fingerprint density at radius 3 is 2.33 bits per heavy atom. The molecule has 0 unspecified atom stereocenters. The predicted molar refractivity (Wildman–Crippen MR) is 111 cm³/mol. The summed E-state index contributed by atoms with van der Waals surface area (Å²) >= 11 is 0. The maximum Gasteiger partial charge on any atom is 0.328 e. The van der Waals surface area contributed by atoms with E-state index < -0.39 is 16.1 Å². The number of carbonyl (C=O) groups excluding carboxylic acids is 2. The average Bonchev–Trinajstić information content (AvgIpc) is 3.18. The van der Waals surface area contributed by atoms with Crippen LogP contribution in [0, 0.1) is 11.8 Å². The van der Waals surface area contributed by atoms with Crippen LogP contribution in [-0.4, -0.2) is 61.8 Å². The number of amides is 1. The number of sulfonamides is 1. The van der Waals surface area contributed by atoms with E-state index in [-0.39, 0.29) is 28.7 Å². The highest BCUT2D eigenvalue weighted by Crippen LogP contribution is 2.41. The fourth-order valence-electron chi connectivity index (χ4n) is 5.42. The van der Waals surface area contributed by atoms with Crippen molar-refractivity contribution in [2.75, 3.05) is 20.2 Å². The van der Waals surface area contributed by atoms with Crippen LogP contribution >= 0.6 is 0 Å². The number of piperidine rings is 1. The summed E-state index contributed by atoms with van der Waals surface area (Å²) in [5.74, 6) is -0.219. The van der Waals surface area contributed by atoms with Crippen molar-refractivity contribution >= 4 is 21.9 Å². The van der Waals surface area contributed by atoms with E-state index in [4.69, 9.17) is 4.74 Å². The molecule has 0 radical (unpaired) electrons. The van der Waals surface area contributed by atoms with Gasteiger partial charge in [0.15, 0.2) is 0 Å². The molecule has 3 aliphatic rings. The molecule has 4 rings (SSSR count). The second kappa shape index (κ2) is 8.67. The van der Waals surface area contributed by atoms with Gasteiger partial charge in [-0.3, -0.25) is 4.79 Å². The van der Waals surface area contributed by atoms with E-state index in [2.05, 4.69) is 0 Å². The van der Waals surface area contributed by atoms with Crippen molar-refractivity contribution in [3.8, 4) is 0 Å². The molecule has 1 aromatic carbocycles. The summed E-state index contributed by atoms with van der Waals surface area (Å²) in [6.07, 6.45) is 5.85. The van der Waals surface area contributed by atoms with Gasteiger partial charge in [0.05, 0.1) is 12.0 Å². The smallest absolute Gasteiger partial charge is 0.328 e. The first-order chi connectivity index (χ1) is 14.4. The summed E-state index contributed by atoms with van der Waals surface area (Å²) in [4.78, 5) is 27.9. The zero-order valence-corrected chi connectivity index (χ0v) is 18.2. The van der Waals surface area contributed by atoms with Crippen molar-refractivity contribution in [1.82, 2.24) is 9.21 Å². The Labute approximate surface area is 178 Å². The Hall–Kier alpha value is -1.93. The second-order valence-corrected chi connectivity index (χ2v) is 10.6. The van der Waals surface area contributed by atoms with E-state index >= 15 is 0 Å². The van der Waals surface area contributed by atoms with Crippen molar-refractivity contribution in [3.63, 3.8) is 0 Å². The Balaban J connectivity index is 1.46. The third kappa shape index (κ3) is 3.87. The Morgan fingerprint density at radius 1 is 1.00 bits per heavy atom. The monoisotopic (exact) mass is 434 g/mol. The highest BCUT2D eigenvalue weighted by Gasteiger charge is 2.49. The molecule has 0 N–H and O–H groups in total. The molecule has 2 saturated heterocycles. The van der Waals surface area contributed by atoms with Gasteiger partial charge in [-0.2, -0.15) is 4.31 Å². The summed E-state index contributed by atoms with van der Waals surface area (Å²) in [6, 6.07) is 8.02. The summed E-state index contributed by atoms with van der Waals surface area (Å²) in [7, 11) is -2.17. The molecule has 0 bridgehead atoms. The van der Waals surface area contributed by atoms with Gasteiger partial charge in [0, 0.05) is 25.0 Å².